The first-order valence-electron chi connectivity index (χ1n) is 14.9. The number of benzene rings is 2. The number of aromatic nitrogens is 1. The van der Waals surface area contributed by atoms with Crippen molar-refractivity contribution in [1.82, 2.24) is 15.2 Å². The number of nitrogens with zero attached hydrogens (tertiary/aromatic N) is 3. The van der Waals surface area contributed by atoms with Crippen molar-refractivity contribution in [3.05, 3.63) is 108 Å². The highest BCUT2D eigenvalue weighted by Gasteiger charge is 2.42. The summed E-state index contributed by atoms with van der Waals surface area (Å²) in [4.78, 5) is 49.2. The average Bonchev–Trinajstić information content (AvgIpc) is 3.33. The predicted molar refractivity (Wildman–Crippen MR) is 166 cm³/mol. The van der Waals surface area contributed by atoms with Crippen molar-refractivity contribution in [3.63, 3.8) is 0 Å². The first-order valence-corrected chi connectivity index (χ1v) is 14.9. The Morgan fingerprint density at radius 2 is 1.81 bits per heavy atom. The maximum Gasteiger partial charge on any atom is 0.250 e. The zero-order chi connectivity index (χ0) is 30.7. The summed E-state index contributed by atoms with van der Waals surface area (Å²) in [5.41, 5.74) is 3.79. The van der Waals surface area contributed by atoms with Crippen molar-refractivity contribution < 1.29 is 19.5 Å². The standard InChI is InChI=1S/C35H40N4O4/c1-5-30(40)38-20-9-8-14-29(38)34(43)39(26-17-15-25(16-18-26)35(2,3)4)31(24-12-10-19-36-22-24)33(42)37-28-21-23-11-6-7-13-27(23)32(28)41/h5-7,10-13,15-19,22,28-29,31-32,41H,1,8-9,14,20-21H2,2-4H3,(H,37,42). The Bertz CT molecular complexity index is 1480. The molecule has 1 saturated heterocycles. The maximum atomic E-state index is 14.7. The first kappa shape index (κ1) is 30.2. The second kappa shape index (κ2) is 12.5. The Balaban J connectivity index is 1.58. The van der Waals surface area contributed by atoms with E-state index in [-0.39, 0.29) is 17.2 Å². The summed E-state index contributed by atoms with van der Waals surface area (Å²) in [6.45, 7) is 10.4. The van der Waals surface area contributed by atoms with Crippen LogP contribution < -0.4 is 10.2 Å². The highest BCUT2D eigenvalue weighted by Crippen LogP contribution is 2.35. The number of carbonyl (C=O) groups is 3. The van der Waals surface area contributed by atoms with Crippen LogP contribution in [0.25, 0.3) is 0 Å². The van der Waals surface area contributed by atoms with E-state index in [1.807, 2.05) is 48.5 Å². The number of hydrogen-bond acceptors (Lipinski definition) is 5. The highest BCUT2D eigenvalue weighted by atomic mass is 16.3. The van der Waals surface area contributed by atoms with Gasteiger partial charge in [-0.15, -0.1) is 0 Å². The van der Waals surface area contributed by atoms with Crippen molar-refractivity contribution in [2.24, 2.45) is 0 Å². The molecule has 2 aliphatic rings. The van der Waals surface area contributed by atoms with E-state index < -0.39 is 30.1 Å². The lowest BCUT2D eigenvalue weighted by atomic mass is 9.87. The molecule has 2 heterocycles. The molecule has 1 aromatic heterocycles. The predicted octanol–water partition coefficient (Wildman–Crippen LogP) is 4.80. The molecule has 1 fully saturated rings. The number of rotatable bonds is 7. The van der Waals surface area contributed by atoms with Crippen LogP contribution in [0.5, 0.6) is 0 Å². The number of piperidine rings is 1. The van der Waals surface area contributed by atoms with Crippen molar-refractivity contribution in [3.8, 4) is 0 Å². The normalized spacial score (nSPS) is 20.6. The molecular weight excluding hydrogens is 540 g/mol. The third-order valence-electron chi connectivity index (χ3n) is 8.52. The molecule has 0 spiro atoms. The topological polar surface area (TPSA) is 103 Å². The molecule has 4 atom stereocenters. The molecule has 1 aliphatic carbocycles. The van der Waals surface area contributed by atoms with E-state index in [0.717, 1.165) is 29.5 Å². The maximum absolute atomic E-state index is 14.7. The van der Waals surface area contributed by atoms with Crippen molar-refractivity contribution in [2.75, 3.05) is 11.4 Å². The molecule has 0 radical (unpaired) electrons. The zero-order valence-corrected chi connectivity index (χ0v) is 25.1. The summed E-state index contributed by atoms with van der Waals surface area (Å²) < 4.78 is 0. The molecule has 43 heavy (non-hydrogen) atoms. The SMILES string of the molecule is C=CC(=O)N1CCCCC1C(=O)N(c1ccc(C(C)(C)C)cc1)C(C(=O)NC1Cc2ccccc2C1O)c1cccnc1. The van der Waals surface area contributed by atoms with Crippen molar-refractivity contribution >= 4 is 23.4 Å². The van der Waals surface area contributed by atoms with Crippen LogP contribution in [0.1, 0.15) is 74.4 Å². The van der Waals surface area contributed by atoms with Crippen LogP contribution in [0.3, 0.4) is 0 Å². The van der Waals surface area contributed by atoms with E-state index in [1.54, 1.807) is 29.4 Å². The summed E-state index contributed by atoms with van der Waals surface area (Å²) in [6, 6.07) is 16.4. The van der Waals surface area contributed by atoms with Gasteiger partial charge in [-0.25, -0.2) is 0 Å². The minimum Gasteiger partial charge on any atom is -0.386 e. The van der Waals surface area contributed by atoms with Gasteiger partial charge >= 0.3 is 0 Å². The van der Waals surface area contributed by atoms with E-state index >= 15 is 0 Å². The van der Waals surface area contributed by atoms with Gasteiger partial charge in [0.1, 0.15) is 12.1 Å². The van der Waals surface area contributed by atoms with Gasteiger partial charge in [0.05, 0.1) is 12.1 Å². The van der Waals surface area contributed by atoms with Gasteiger partial charge < -0.3 is 15.3 Å². The second-order valence-corrected chi connectivity index (χ2v) is 12.4. The number of anilines is 1. The number of hydrogen-bond donors (Lipinski definition) is 2. The van der Waals surface area contributed by atoms with Gasteiger partial charge in [-0.3, -0.25) is 24.3 Å². The lowest BCUT2D eigenvalue weighted by Gasteiger charge is -2.40. The zero-order valence-electron chi connectivity index (χ0n) is 25.1. The fourth-order valence-corrected chi connectivity index (χ4v) is 6.18. The fourth-order valence-electron chi connectivity index (χ4n) is 6.18. The molecule has 5 rings (SSSR count). The Labute approximate surface area is 253 Å². The van der Waals surface area contributed by atoms with Gasteiger partial charge in [-0.1, -0.05) is 69.8 Å². The van der Waals surface area contributed by atoms with Crippen molar-refractivity contribution in [2.45, 2.75) is 76.1 Å². The number of nitrogens with one attached hydrogen (secondary N) is 1. The van der Waals surface area contributed by atoms with Gasteiger partial charge in [0.25, 0.3) is 5.91 Å². The number of aliphatic hydroxyl groups is 1. The van der Waals surface area contributed by atoms with Crippen LogP contribution >= 0.6 is 0 Å². The second-order valence-electron chi connectivity index (χ2n) is 12.4. The molecule has 0 bridgehead atoms. The number of aliphatic hydroxyl groups excluding tert-OH is 1. The molecule has 2 aromatic carbocycles. The number of carbonyl (C=O) groups excluding carboxylic acids is 3. The van der Waals surface area contributed by atoms with Crippen LogP contribution in [0.4, 0.5) is 5.69 Å². The summed E-state index contributed by atoms with van der Waals surface area (Å²) in [5, 5.41) is 14.1. The largest absolute Gasteiger partial charge is 0.386 e. The Morgan fingerprint density at radius 1 is 1.07 bits per heavy atom. The lowest BCUT2D eigenvalue weighted by molar-refractivity contribution is -0.138. The van der Waals surface area contributed by atoms with E-state index in [0.29, 0.717) is 30.6 Å². The molecule has 4 unspecified atom stereocenters. The molecule has 224 valence electrons. The molecule has 1 aliphatic heterocycles. The Hall–Kier alpha value is -4.30. The van der Waals surface area contributed by atoms with E-state index in [1.165, 1.54) is 11.0 Å². The van der Waals surface area contributed by atoms with Crippen LogP contribution in [0.2, 0.25) is 0 Å². The Morgan fingerprint density at radius 3 is 2.47 bits per heavy atom. The van der Waals surface area contributed by atoms with Gasteiger partial charge in [-0.05, 0) is 72.1 Å². The monoisotopic (exact) mass is 580 g/mol. The molecule has 3 aromatic rings. The number of pyridine rings is 1. The quantitative estimate of drug-likeness (QED) is 0.391. The first-order chi connectivity index (χ1) is 20.6. The van der Waals surface area contributed by atoms with Crippen LogP contribution in [0, 0.1) is 0 Å². The van der Waals surface area contributed by atoms with Gasteiger partial charge in [0.15, 0.2) is 0 Å². The molecule has 3 amide bonds. The van der Waals surface area contributed by atoms with Crippen LogP contribution in [-0.4, -0.2) is 51.3 Å². The third-order valence-corrected chi connectivity index (χ3v) is 8.52. The summed E-state index contributed by atoms with van der Waals surface area (Å²) >= 11 is 0. The Kier molecular flexibility index (Phi) is 8.78. The summed E-state index contributed by atoms with van der Waals surface area (Å²) in [5.74, 6) is -1.09. The molecule has 0 saturated carbocycles. The van der Waals surface area contributed by atoms with Gasteiger partial charge in [0.2, 0.25) is 11.8 Å². The average molecular weight is 581 g/mol. The minimum absolute atomic E-state index is 0.113. The van der Waals surface area contributed by atoms with Crippen molar-refractivity contribution in [1.29, 1.82) is 0 Å². The molecule has 8 nitrogen and oxygen atoms in total. The number of fused-ring (bicyclic) bond motifs is 1. The molecule has 8 heteroatoms. The summed E-state index contributed by atoms with van der Waals surface area (Å²) in [6.07, 6.45) is 6.09. The lowest BCUT2D eigenvalue weighted by Crippen LogP contribution is -2.56. The van der Waals surface area contributed by atoms with Gasteiger partial charge in [0, 0.05) is 30.2 Å². The van der Waals surface area contributed by atoms with Crippen LogP contribution in [-0.2, 0) is 26.2 Å². The van der Waals surface area contributed by atoms with E-state index in [2.05, 4.69) is 37.7 Å². The van der Waals surface area contributed by atoms with E-state index in [9.17, 15) is 19.5 Å². The molecular formula is C35H40N4O4. The number of likely N-dealkylation sites (tertiary alicyclic amines) is 1. The number of amides is 3. The fraction of sp³-hybridized carbons (Fsp3) is 0.371. The smallest absolute Gasteiger partial charge is 0.250 e. The molecule has 2 N–H and O–H groups in total. The minimum atomic E-state index is -1.10. The van der Waals surface area contributed by atoms with Crippen LogP contribution in [0.15, 0.2) is 85.7 Å². The summed E-state index contributed by atoms with van der Waals surface area (Å²) in [7, 11) is 0. The highest BCUT2D eigenvalue weighted by molar-refractivity contribution is 6.05. The third kappa shape index (κ3) is 6.25. The van der Waals surface area contributed by atoms with Gasteiger partial charge in [-0.2, -0.15) is 0 Å². The van der Waals surface area contributed by atoms with E-state index in [4.69, 9.17) is 0 Å².